The highest BCUT2D eigenvalue weighted by molar-refractivity contribution is 5.44. The van der Waals surface area contributed by atoms with Gasteiger partial charge in [0.2, 0.25) is 0 Å². The van der Waals surface area contributed by atoms with E-state index in [4.69, 9.17) is 0 Å². The van der Waals surface area contributed by atoms with Crippen molar-refractivity contribution in [2.24, 2.45) is 0 Å². The zero-order chi connectivity index (χ0) is 11.3. The van der Waals surface area contributed by atoms with Crippen LogP contribution in [0.3, 0.4) is 0 Å². The first kappa shape index (κ1) is 12.1. The number of hydrogen-bond donors (Lipinski definition) is 2. The highest BCUT2D eigenvalue weighted by atomic mass is 15.0. The molecule has 1 aromatic rings. The molecule has 15 heavy (non-hydrogen) atoms. The lowest BCUT2D eigenvalue weighted by atomic mass is 9.95. The fraction of sp³-hybridized carbons (Fsp3) is 0.538. The molecule has 1 atom stereocenters. The fourth-order valence-corrected chi connectivity index (χ4v) is 1.83. The number of para-hydroxylation sites is 1. The zero-order valence-corrected chi connectivity index (χ0v) is 10.2. The molecule has 0 spiro atoms. The summed E-state index contributed by atoms with van der Waals surface area (Å²) in [5, 5.41) is 6.81. The van der Waals surface area contributed by atoms with Crippen LogP contribution in [0, 0.1) is 0 Å². The van der Waals surface area contributed by atoms with E-state index < -0.39 is 0 Å². The van der Waals surface area contributed by atoms with Crippen LogP contribution >= 0.6 is 0 Å². The Bertz CT molecular complexity index is 280. The molecule has 0 saturated carbocycles. The van der Waals surface area contributed by atoms with Crippen LogP contribution in [0.2, 0.25) is 0 Å². The Balaban J connectivity index is 2.56. The number of anilines is 1. The Morgan fingerprint density at radius 2 is 1.80 bits per heavy atom. The third-order valence-electron chi connectivity index (χ3n) is 2.57. The Hall–Kier alpha value is -1.02. The lowest BCUT2D eigenvalue weighted by molar-refractivity contribution is 0.433. The van der Waals surface area contributed by atoms with Crippen molar-refractivity contribution in [3.8, 4) is 0 Å². The highest BCUT2D eigenvalue weighted by Crippen LogP contribution is 2.19. The molecule has 2 heteroatoms. The molecule has 0 amide bonds. The smallest absolute Gasteiger partial charge is 0.0344 e. The van der Waals surface area contributed by atoms with Gasteiger partial charge in [-0.2, -0.15) is 0 Å². The van der Waals surface area contributed by atoms with Gasteiger partial charge in [-0.3, -0.25) is 0 Å². The van der Waals surface area contributed by atoms with Gasteiger partial charge in [-0.25, -0.2) is 0 Å². The minimum Gasteiger partial charge on any atom is -0.380 e. The van der Waals surface area contributed by atoms with E-state index in [0.717, 1.165) is 6.42 Å². The molecule has 0 saturated heterocycles. The number of benzene rings is 1. The van der Waals surface area contributed by atoms with Gasteiger partial charge in [0, 0.05) is 17.3 Å². The molecule has 0 bridgehead atoms. The molecule has 0 radical (unpaired) electrons. The second kappa shape index (κ2) is 5.17. The van der Waals surface area contributed by atoms with Crippen molar-refractivity contribution in [1.29, 1.82) is 0 Å². The van der Waals surface area contributed by atoms with E-state index in [1.807, 2.05) is 13.1 Å². The quantitative estimate of drug-likeness (QED) is 0.774. The molecule has 0 aromatic heterocycles. The van der Waals surface area contributed by atoms with Crippen molar-refractivity contribution < 1.29 is 0 Å². The molecular formula is C13H22N2. The van der Waals surface area contributed by atoms with Gasteiger partial charge in [-0.15, -0.1) is 0 Å². The van der Waals surface area contributed by atoms with Gasteiger partial charge >= 0.3 is 0 Å². The highest BCUT2D eigenvalue weighted by Gasteiger charge is 2.19. The average molecular weight is 206 g/mol. The Morgan fingerprint density at radius 3 is 2.33 bits per heavy atom. The molecule has 84 valence electrons. The van der Waals surface area contributed by atoms with Crippen LogP contribution < -0.4 is 10.6 Å². The molecule has 0 aliphatic heterocycles. The van der Waals surface area contributed by atoms with Crippen molar-refractivity contribution in [3.05, 3.63) is 30.3 Å². The third kappa shape index (κ3) is 4.34. The van der Waals surface area contributed by atoms with Gasteiger partial charge < -0.3 is 10.6 Å². The predicted octanol–water partition coefficient (Wildman–Crippen LogP) is 2.88. The molecule has 0 heterocycles. The number of rotatable bonds is 5. The monoisotopic (exact) mass is 206 g/mol. The summed E-state index contributed by atoms with van der Waals surface area (Å²) in [6.45, 7) is 6.66. The van der Waals surface area contributed by atoms with E-state index in [9.17, 15) is 0 Å². The second-order valence-corrected chi connectivity index (χ2v) is 4.77. The summed E-state index contributed by atoms with van der Waals surface area (Å²) in [4.78, 5) is 0. The summed E-state index contributed by atoms with van der Waals surface area (Å²) < 4.78 is 0. The predicted molar refractivity (Wildman–Crippen MR) is 67.3 cm³/mol. The van der Waals surface area contributed by atoms with E-state index in [1.165, 1.54) is 5.69 Å². The Morgan fingerprint density at radius 1 is 1.20 bits per heavy atom. The first-order chi connectivity index (χ1) is 7.03. The van der Waals surface area contributed by atoms with Gasteiger partial charge in [-0.05, 0) is 46.4 Å². The molecule has 2 nitrogen and oxygen atoms in total. The Kier molecular flexibility index (Phi) is 4.15. The summed E-state index contributed by atoms with van der Waals surface area (Å²) in [6, 6.07) is 10.9. The van der Waals surface area contributed by atoms with Gasteiger partial charge in [0.1, 0.15) is 0 Å². The molecule has 0 fully saturated rings. The van der Waals surface area contributed by atoms with Crippen molar-refractivity contribution in [3.63, 3.8) is 0 Å². The molecule has 0 aliphatic rings. The standard InChI is InChI=1S/C13H22N2/c1-11(14-4)10-13(2,3)15-12-8-6-5-7-9-12/h5-9,11,14-15H,10H2,1-4H3. The van der Waals surface area contributed by atoms with E-state index in [0.29, 0.717) is 6.04 Å². The largest absolute Gasteiger partial charge is 0.380 e. The maximum absolute atomic E-state index is 3.54. The van der Waals surface area contributed by atoms with Crippen molar-refractivity contribution in [1.82, 2.24) is 5.32 Å². The lowest BCUT2D eigenvalue weighted by Gasteiger charge is -2.30. The summed E-state index contributed by atoms with van der Waals surface area (Å²) in [5.41, 5.74) is 1.30. The molecule has 1 unspecified atom stereocenters. The molecule has 1 rings (SSSR count). The zero-order valence-electron chi connectivity index (χ0n) is 10.2. The van der Waals surface area contributed by atoms with Crippen LogP contribution in [-0.2, 0) is 0 Å². The van der Waals surface area contributed by atoms with E-state index in [2.05, 4.69) is 55.7 Å². The van der Waals surface area contributed by atoms with Gasteiger partial charge in [0.15, 0.2) is 0 Å². The van der Waals surface area contributed by atoms with E-state index >= 15 is 0 Å². The summed E-state index contributed by atoms with van der Waals surface area (Å²) in [6.07, 6.45) is 1.10. The van der Waals surface area contributed by atoms with Crippen molar-refractivity contribution in [2.75, 3.05) is 12.4 Å². The van der Waals surface area contributed by atoms with Gasteiger partial charge in [0.05, 0.1) is 0 Å². The summed E-state index contributed by atoms with van der Waals surface area (Å²) >= 11 is 0. The molecule has 0 aliphatic carbocycles. The molecule has 2 N–H and O–H groups in total. The lowest BCUT2D eigenvalue weighted by Crippen LogP contribution is -2.38. The van der Waals surface area contributed by atoms with Crippen LogP contribution in [0.25, 0.3) is 0 Å². The molecule has 1 aromatic carbocycles. The normalized spacial score (nSPS) is 13.6. The third-order valence-corrected chi connectivity index (χ3v) is 2.57. The van der Waals surface area contributed by atoms with Crippen LogP contribution in [-0.4, -0.2) is 18.6 Å². The first-order valence-electron chi connectivity index (χ1n) is 5.54. The van der Waals surface area contributed by atoms with Crippen molar-refractivity contribution >= 4 is 5.69 Å². The minimum atomic E-state index is 0.115. The topological polar surface area (TPSA) is 24.1 Å². The van der Waals surface area contributed by atoms with Crippen LogP contribution in [0.4, 0.5) is 5.69 Å². The summed E-state index contributed by atoms with van der Waals surface area (Å²) in [7, 11) is 2.00. The maximum atomic E-state index is 3.54. The van der Waals surface area contributed by atoms with Crippen LogP contribution in [0.5, 0.6) is 0 Å². The first-order valence-corrected chi connectivity index (χ1v) is 5.54. The Labute approximate surface area is 93.1 Å². The van der Waals surface area contributed by atoms with Crippen LogP contribution in [0.15, 0.2) is 30.3 Å². The van der Waals surface area contributed by atoms with Crippen molar-refractivity contribution in [2.45, 2.75) is 38.8 Å². The minimum absolute atomic E-state index is 0.115. The van der Waals surface area contributed by atoms with Crippen LogP contribution in [0.1, 0.15) is 27.2 Å². The average Bonchev–Trinajstić information content (AvgIpc) is 2.17. The van der Waals surface area contributed by atoms with Gasteiger partial charge in [0.25, 0.3) is 0 Å². The molecular weight excluding hydrogens is 184 g/mol. The SMILES string of the molecule is CNC(C)CC(C)(C)Nc1ccccc1. The maximum Gasteiger partial charge on any atom is 0.0344 e. The number of nitrogens with one attached hydrogen (secondary N) is 2. The van der Waals surface area contributed by atoms with E-state index in [-0.39, 0.29) is 5.54 Å². The van der Waals surface area contributed by atoms with Gasteiger partial charge in [-0.1, -0.05) is 18.2 Å². The second-order valence-electron chi connectivity index (χ2n) is 4.77. The summed E-state index contributed by atoms with van der Waals surface area (Å²) in [5.74, 6) is 0. The van der Waals surface area contributed by atoms with E-state index in [1.54, 1.807) is 0 Å². The number of hydrogen-bond acceptors (Lipinski definition) is 2. The fourth-order valence-electron chi connectivity index (χ4n) is 1.83.